The Bertz CT molecular complexity index is 787. The summed E-state index contributed by atoms with van der Waals surface area (Å²) in [7, 11) is 0. The molecule has 0 spiro atoms. The number of para-hydroxylation sites is 1. The molecule has 5 nitrogen and oxygen atoms in total. The van der Waals surface area contributed by atoms with Crippen LogP contribution in [0.1, 0.15) is 23.7 Å². The van der Waals surface area contributed by atoms with Crippen molar-refractivity contribution in [2.24, 2.45) is 5.92 Å². The zero-order valence-corrected chi connectivity index (χ0v) is 13.7. The Labute approximate surface area is 139 Å². The first-order valence-electron chi connectivity index (χ1n) is 7.78. The van der Waals surface area contributed by atoms with Crippen molar-refractivity contribution in [3.63, 3.8) is 0 Å². The van der Waals surface area contributed by atoms with Gasteiger partial charge in [-0.1, -0.05) is 17.7 Å². The van der Waals surface area contributed by atoms with E-state index in [-0.39, 0.29) is 16.9 Å². The number of fused-ring (bicyclic) bond motifs is 1. The van der Waals surface area contributed by atoms with Crippen LogP contribution in [0.2, 0.25) is 5.02 Å². The van der Waals surface area contributed by atoms with Crippen LogP contribution < -0.4 is 5.43 Å². The molecule has 0 aliphatic carbocycles. The second kappa shape index (κ2) is 6.72. The summed E-state index contributed by atoms with van der Waals surface area (Å²) >= 11 is 6.08. The smallest absolute Gasteiger partial charge is 0.259 e. The fourth-order valence-corrected chi connectivity index (χ4v) is 3.21. The van der Waals surface area contributed by atoms with E-state index in [1.807, 2.05) is 6.92 Å². The minimum Gasteiger partial charge on any atom is -0.381 e. The second-order valence-electron chi connectivity index (χ2n) is 5.76. The Balaban J connectivity index is 1.85. The average molecular weight is 335 g/mol. The predicted molar refractivity (Wildman–Crippen MR) is 90.1 cm³/mol. The van der Waals surface area contributed by atoms with Crippen LogP contribution in [0, 0.1) is 5.92 Å². The van der Waals surface area contributed by atoms with E-state index >= 15 is 0 Å². The molecule has 1 aliphatic heterocycles. The van der Waals surface area contributed by atoms with Crippen LogP contribution in [-0.2, 0) is 4.74 Å². The molecule has 1 atom stereocenters. The number of H-pyrrole nitrogens is 1. The lowest BCUT2D eigenvalue weighted by atomic mass is 10.1. The number of carbonyl (C=O) groups excluding carboxylic acids is 1. The van der Waals surface area contributed by atoms with Crippen LogP contribution in [0.15, 0.2) is 29.2 Å². The molecule has 0 radical (unpaired) electrons. The molecule has 1 aromatic heterocycles. The summed E-state index contributed by atoms with van der Waals surface area (Å²) in [5, 5.41) is 0.907. The number of pyridine rings is 1. The number of carbonyl (C=O) groups is 1. The van der Waals surface area contributed by atoms with E-state index < -0.39 is 0 Å². The number of hydrogen-bond acceptors (Lipinski definition) is 3. The average Bonchev–Trinajstić information content (AvgIpc) is 3.02. The molecule has 6 heteroatoms. The number of aromatic amines is 1. The fraction of sp³-hybridized carbons (Fsp3) is 0.412. The van der Waals surface area contributed by atoms with Gasteiger partial charge < -0.3 is 14.6 Å². The van der Waals surface area contributed by atoms with Crippen molar-refractivity contribution in [1.82, 2.24) is 9.88 Å². The molecule has 23 heavy (non-hydrogen) atoms. The number of hydrogen-bond donors (Lipinski definition) is 1. The maximum Gasteiger partial charge on any atom is 0.259 e. The number of likely N-dealkylation sites (tertiary alicyclic amines) is 1. The molecule has 3 rings (SSSR count). The minimum atomic E-state index is -0.278. The molecule has 2 heterocycles. The SMILES string of the molecule is CCOCC1CCN(C(=O)c2c[nH]c3c(Cl)cccc3c2=O)C1. The van der Waals surface area contributed by atoms with Crippen LogP contribution in [0.3, 0.4) is 0 Å². The normalized spacial score (nSPS) is 17.8. The number of ether oxygens (including phenoxy) is 1. The van der Waals surface area contributed by atoms with Crippen LogP contribution in [0.5, 0.6) is 0 Å². The molecule has 122 valence electrons. The Morgan fingerprint density at radius 1 is 1.48 bits per heavy atom. The molecular weight excluding hydrogens is 316 g/mol. The van der Waals surface area contributed by atoms with E-state index in [4.69, 9.17) is 16.3 Å². The number of amides is 1. The van der Waals surface area contributed by atoms with Gasteiger partial charge in [0, 0.05) is 37.2 Å². The van der Waals surface area contributed by atoms with Gasteiger partial charge in [0.1, 0.15) is 5.56 Å². The quantitative estimate of drug-likeness (QED) is 0.935. The summed E-state index contributed by atoms with van der Waals surface area (Å²) in [5.74, 6) is 0.111. The maximum atomic E-state index is 12.6. The third kappa shape index (κ3) is 3.12. The highest BCUT2D eigenvalue weighted by Gasteiger charge is 2.28. The minimum absolute atomic E-state index is 0.164. The van der Waals surface area contributed by atoms with E-state index in [1.165, 1.54) is 6.20 Å². The molecule has 1 N–H and O–H groups in total. The Kier molecular flexibility index (Phi) is 4.68. The lowest BCUT2D eigenvalue weighted by Crippen LogP contribution is -2.33. The topological polar surface area (TPSA) is 62.4 Å². The summed E-state index contributed by atoms with van der Waals surface area (Å²) < 4.78 is 5.43. The molecule has 1 amide bonds. The predicted octanol–water partition coefficient (Wildman–Crippen LogP) is 2.68. The zero-order valence-electron chi connectivity index (χ0n) is 13.0. The first-order valence-corrected chi connectivity index (χ1v) is 8.16. The molecule has 2 aromatic rings. The third-order valence-corrected chi connectivity index (χ3v) is 4.54. The molecule has 1 fully saturated rings. The van der Waals surface area contributed by atoms with Gasteiger partial charge in [0.25, 0.3) is 5.91 Å². The molecule has 1 aliphatic rings. The number of nitrogens with one attached hydrogen (secondary N) is 1. The lowest BCUT2D eigenvalue weighted by molar-refractivity contribution is 0.0761. The second-order valence-corrected chi connectivity index (χ2v) is 6.17. The van der Waals surface area contributed by atoms with Gasteiger partial charge in [-0.15, -0.1) is 0 Å². The number of benzene rings is 1. The summed E-state index contributed by atoms with van der Waals surface area (Å²) in [6.45, 7) is 4.58. The number of aromatic nitrogens is 1. The van der Waals surface area contributed by atoms with Crippen LogP contribution in [0.25, 0.3) is 10.9 Å². The monoisotopic (exact) mass is 334 g/mol. The van der Waals surface area contributed by atoms with Gasteiger partial charge in [-0.05, 0) is 25.5 Å². The number of halogens is 1. The molecule has 1 aromatic carbocycles. The van der Waals surface area contributed by atoms with Crippen molar-refractivity contribution >= 4 is 28.4 Å². The van der Waals surface area contributed by atoms with Gasteiger partial charge in [0.05, 0.1) is 17.1 Å². The van der Waals surface area contributed by atoms with Crippen molar-refractivity contribution in [3.05, 3.63) is 45.2 Å². The molecule has 0 bridgehead atoms. The molecule has 1 unspecified atom stereocenters. The maximum absolute atomic E-state index is 12.6. The Hall–Kier alpha value is -1.85. The van der Waals surface area contributed by atoms with Crippen LogP contribution >= 0.6 is 11.6 Å². The Morgan fingerprint density at radius 2 is 2.30 bits per heavy atom. The van der Waals surface area contributed by atoms with Crippen molar-refractivity contribution in [2.45, 2.75) is 13.3 Å². The number of nitrogens with zero attached hydrogens (tertiary/aromatic N) is 1. The van der Waals surface area contributed by atoms with Gasteiger partial charge >= 0.3 is 0 Å². The third-order valence-electron chi connectivity index (χ3n) is 4.22. The summed E-state index contributed by atoms with van der Waals surface area (Å²) in [6, 6.07) is 5.10. The highest BCUT2D eigenvalue weighted by molar-refractivity contribution is 6.35. The first kappa shape index (κ1) is 16.0. The Morgan fingerprint density at radius 3 is 3.09 bits per heavy atom. The van der Waals surface area contributed by atoms with Crippen molar-refractivity contribution in [1.29, 1.82) is 0 Å². The highest BCUT2D eigenvalue weighted by Crippen LogP contribution is 2.21. The van der Waals surface area contributed by atoms with Crippen molar-refractivity contribution < 1.29 is 9.53 Å². The molecule has 1 saturated heterocycles. The van der Waals surface area contributed by atoms with Crippen molar-refractivity contribution in [3.8, 4) is 0 Å². The first-order chi connectivity index (χ1) is 11.1. The van der Waals surface area contributed by atoms with E-state index in [0.29, 0.717) is 48.1 Å². The van der Waals surface area contributed by atoms with E-state index in [2.05, 4.69) is 4.98 Å². The standard InChI is InChI=1S/C17H19ClN2O3/c1-2-23-10-11-6-7-20(9-11)17(22)13-8-19-15-12(16(13)21)4-3-5-14(15)18/h3-5,8,11H,2,6-7,9-10H2,1H3,(H,19,21). The molecular formula is C17H19ClN2O3. The highest BCUT2D eigenvalue weighted by atomic mass is 35.5. The fourth-order valence-electron chi connectivity index (χ4n) is 2.98. The molecule has 0 saturated carbocycles. The van der Waals surface area contributed by atoms with Gasteiger partial charge in [0.15, 0.2) is 0 Å². The summed E-state index contributed by atoms with van der Waals surface area (Å²) in [4.78, 5) is 29.9. The largest absolute Gasteiger partial charge is 0.381 e. The van der Waals surface area contributed by atoms with E-state index in [1.54, 1.807) is 23.1 Å². The lowest BCUT2D eigenvalue weighted by Gasteiger charge is -2.16. The number of rotatable bonds is 4. The van der Waals surface area contributed by atoms with Gasteiger partial charge in [-0.3, -0.25) is 9.59 Å². The van der Waals surface area contributed by atoms with Crippen LogP contribution in [-0.4, -0.2) is 42.1 Å². The van der Waals surface area contributed by atoms with Gasteiger partial charge in [0.2, 0.25) is 5.43 Å². The summed E-state index contributed by atoms with van der Waals surface area (Å²) in [5.41, 5.74) is 0.447. The van der Waals surface area contributed by atoms with Crippen LogP contribution in [0.4, 0.5) is 0 Å². The summed E-state index contributed by atoms with van der Waals surface area (Å²) in [6.07, 6.45) is 2.37. The van der Waals surface area contributed by atoms with E-state index in [0.717, 1.165) is 6.42 Å². The van der Waals surface area contributed by atoms with Gasteiger partial charge in [-0.2, -0.15) is 0 Å². The van der Waals surface area contributed by atoms with Gasteiger partial charge in [-0.25, -0.2) is 0 Å². The zero-order chi connectivity index (χ0) is 16.4. The van der Waals surface area contributed by atoms with E-state index in [9.17, 15) is 9.59 Å². The van der Waals surface area contributed by atoms with Crippen molar-refractivity contribution in [2.75, 3.05) is 26.3 Å².